The summed E-state index contributed by atoms with van der Waals surface area (Å²) in [4.78, 5) is 31.3. The van der Waals surface area contributed by atoms with Crippen LogP contribution >= 0.6 is 0 Å². The van der Waals surface area contributed by atoms with Gasteiger partial charge < -0.3 is 19.3 Å². The number of H-pyrrole nitrogens is 1. The molecule has 0 aliphatic carbocycles. The average molecular weight is 364 g/mol. The molecule has 0 radical (unpaired) electrons. The van der Waals surface area contributed by atoms with Gasteiger partial charge in [0.2, 0.25) is 0 Å². The van der Waals surface area contributed by atoms with Crippen LogP contribution in [0.1, 0.15) is 24.2 Å². The standard InChI is InChI=1S/C20H20N4O3/c1-11(2)10-24-15-5-4-12(19(25)21-3)8-14(15)23-18(24)17-9-13-16(27-17)6-7-22-20(13)26/h4-9,11H,10H2,1-3H3,(H,21,25)(H,22,26). The topological polar surface area (TPSA) is 92.9 Å². The predicted molar refractivity (Wildman–Crippen MR) is 104 cm³/mol. The lowest BCUT2D eigenvalue weighted by Crippen LogP contribution is -2.17. The van der Waals surface area contributed by atoms with Crippen molar-refractivity contribution in [1.82, 2.24) is 19.9 Å². The lowest BCUT2D eigenvalue weighted by molar-refractivity contribution is 0.0963. The van der Waals surface area contributed by atoms with Crippen LogP contribution in [0.4, 0.5) is 0 Å². The number of carbonyl (C=O) groups excluding carboxylic acids is 1. The van der Waals surface area contributed by atoms with E-state index < -0.39 is 0 Å². The molecule has 4 aromatic rings. The third-order valence-corrected chi connectivity index (χ3v) is 4.46. The van der Waals surface area contributed by atoms with Crippen molar-refractivity contribution in [2.45, 2.75) is 20.4 Å². The Morgan fingerprint density at radius 3 is 2.81 bits per heavy atom. The van der Waals surface area contributed by atoms with E-state index in [1.165, 1.54) is 0 Å². The Balaban J connectivity index is 1.95. The monoisotopic (exact) mass is 364 g/mol. The van der Waals surface area contributed by atoms with E-state index in [1.54, 1.807) is 37.5 Å². The third-order valence-electron chi connectivity index (χ3n) is 4.46. The summed E-state index contributed by atoms with van der Waals surface area (Å²) < 4.78 is 7.97. The Bertz CT molecular complexity index is 1210. The van der Waals surface area contributed by atoms with Gasteiger partial charge in [-0.1, -0.05) is 13.8 Å². The summed E-state index contributed by atoms with van der Waals surface area (Å²) in [5, 5.41) is 3.11. The van der Waals surface area contributed by atoms with Crippen molar-refractivity contribution < 1.29 is 9.21 Å². The van der Waals surface area contributed by atoms with Gasteiger partial charge in [-0.15, -0.1) is 0 Å². The molecule has 2 N–H and O–H groups in total. The highest BCUT2D eigenvalue weighted by molar-refractivity contribution is 5.97. The smallest absolute Gasteiger partial charge is 0.259 e. The third kappa shape index (κ3) is 2.91. The average Bonchev–Trinajstić information content (AvgIpc) is 3.23. The number of fused-ring (bicyclic) bond motifs is 2. The predicted octanol–water partition coefficient (Wildman–Crippen LogP) is 3.15. The first-order valence-corrected chi connectivity index (χ1v) is 8.82. The van der Waals surface area contributed by atoms with Gasteiger partial charge in [-0.3, -0.25) is 9.59 Å². The number of aromatic nitrogens is 3. The second-order valence-electron chi connectivity index (χ2n) is 6.92. The molecular formula is C20H20N4O3. The van der Waals surface area contributed by atoms with E-state index in [4.69, 9.17) is 9.40 Å². The molecule has 138 valence electrons. The van der Waals surface area contributed by atoms with Crippen LogP contribution in [0.5, 0.6) is 0 Å². The van der Waals surface area contributed by atoms with Gasteiger partial charge in [-0.25, -0.2) is 4.98 Å². The molecule has 0 atom stereocenters. The first kappa shape index (κ1) is 17.1. The van der Waals surface area contributed by atoms with Crippen LogP contribution in [0.3, 0.4) is 0 Å². The lowest BCUT2D eigenvalue weighted by atomic mass is 10.1. The number of amides is 1. The molecule has 0 bridgehead atoms. The van der Waals surface area contributed by atoms with Crippen LogP contribution in [0.25, 0.3) is 33.6 Å². The minimum absolute atomic E-state index is 0.160. The van der Waals surface area contributed by atoms with Crippen LogP contribution in [-0.2, 0) is 6.54 Å². The number of nitrogens with zero attached hydrogens (tertiary/aromatic N) is 2. The molecule has 0 unspecified atom stereocenters. The zero-order valence-electron chi connectivity index (χ0n) is 15.4. The van der Waals surface area contributed by atoms with E-state index in [-0.39, 0.29) is 11.5 Å². The molecule has 4 rings (SSSR count). The summed E-state index contributed by atoms with van der Waals surface area (Å²) in [7, 11) is 1.60. The first-order chi connectivity index (χ1) is 13.0. The maximum atomic E-state index is 12.0. The zero-order chi connectivity index (χ0) is 19.1. The molecule has 7 heteroatoms. The number of pyridine rings is 1. The molecule has 27 heavy (non-hydrogen) atoms. The fourth-order valence-corrected chi connectivity index (χ4v) is 3.24. The maximum absolute atomic E-state index is 12.0. The molecule has 3 heterocycles. The minimum atomic E-state index is -0.198. The highest BCUT2D eigenvalue weighted by Crippen LogP contribution is 2.30. The number of imidazole rings is 1. The molecule has 0 aliphatic heterocycles. The summed E-state index contributed by atoms with van der Waals surface area (Å²) >= 11 is 0. The van der Waals surface area contributed by atoms with E-state index in [0.717, 1.165) is 12.1 Å². The number of benzene rings is 1. The number of hydrogen-bond acceptors (Lipinski definition) is 4. The number of nitrogens with one attached hydrogen (secondary N) is 2. The summed E-state index contributed by atoms with van der Waals surface area (Å²) in [5.74, 6) is 1.39. The SMILES string of the molecule is CNC(=O)c1ccc2c(c1)nc(-c1cc3c(=O)[nH]ccc3o1)n2CC(C)C. The maximum Gasteiger partial charge on any atom is 0.259 e. The Labute approximate surface area is 155 Å². The molecule has 0 saturated heterocycles. The minimum Gasteiger partial charge on any atom is -0.453 e. The molecule has 1 amide bonds. The number of aromatic amines is 1. The van der Waals surface area contributed by atoms with E-state index in [9.17, 15) is 9.59 Å². The van der Waals surface area contributed by atoms with Gasteiger partial charge in [0.05, 0.1) is 16.4 Å². The normalized spacial score (nSPS) is 11.6. The van der Waals surface area contributed by atoms with Crippen molar-refractivity contribution in [3.63, 3.8) is 0 Å². The van der Waals surface area contributed by atoms with Crippen molar-refractivity contribution in [2.75, 3.05) is 7.05 Å². The highest BCUT2D eigenvalue weighted by atomic mass is 16.3. The van der Waals surface area contributed by atoms with Crippen LogP contribution in [0.15, 0.2) is 45.7 Å². The molecule has 0 saturated carbocycles. The lowest BCUT2D eigenvalue weighted by Gasteiger charge is -2.10. The van der Waals surface area contributed by atoms with Gasteiger partial charge >= 0.3 is 0 Å². The quantitative estimate of drug-likeness (QED) is 0.582. The van der Waals surface area contributed by atoms with Crippen molar-refractivity contribution in [2.24, 2.45) is 5.92 Å². The van der Waals surface area contributed by atoms with Crippen LogP contribution in [0.2, 0.25) is 0 Å². The van der Waals surface area contributed by atoms with Crippen molar-refractivity contribution in [3.05, 3.63) is 52.4 Å². The fourth-order valence-electron chi connectivity index (χ4n) is 3.24. The van der Waals surface area contributed by atoms with E-state index >= 15 is 0 Å². The molecular weight excluding hydrogens is 344 g/mol. The summed E-state index contributed by atoms with van der Waals surface area (Å²) in [6.07, 6.45) is 1.56. The highest BCUT2D eigenvalue weighted by Gasteiger charge is 2.19. The number of furan rings is 1. The van der Waals surface area contributed by atoms with Gasteiger partial charge in [-0.05, 0) is 30.2 Å². The Morgan fingerprint density at radius 2 is 2.11 bits per heavy atom. The molecule has 1 aromatic carbocycles. The zero-order valence-corrected chi connectivity index (χ0v) is 15.4. The molecule has 3 aromatic heterocycles. The first-order valence-electron chi connectivity index (χ1n) is 8.82. The second kappa shape index (κ2) is 6.42. The van der Waals surface area contributed by atoms with Crippen molar-refractivity contribution in [1.29, 1.82) is 0 Å². The second-order valence-corrected chi connectivity index (χ2v) is 6.92. The van der Waals surface area contributed by atoms with Gasteiger partial charge in [0.1, 0.15) is 5.58 Å². The molecule has 0 aliphatic rings. The van der Waals surface area contributed by atoms with Gasteiger partial charge in [-0.2, -0.15) is 0 Å². The fraction of sp³-hybridized carbons (Fsp3) is 0.250. The van der Waals surface area contributed by atoms with Gasteiger partial charge in [0.15, 0.2) is 11.6 Å². The summed E-state index contributed by atoms with van der Waals surface area (Å²) in [6, 6.07) is 8.89. The van der Waals surface area contributed by atoms with Crippen molar-refractivity contribution >= 4 is 27.9 Å². The molecule has 0 fully saturated rings. The van der Waals surface area contributed by atoms with Crippen molar-refractivity contribution in [3.8, 4) is 11.6 Å². The van der Waals surface area contributed by atoms with E-state index in [2.05, 4.69) is 28.7 Å². The number of hydrogen-bond donors (Lipinski definition) is 2. The Morgan fingerprint density at radius 1 is 1.30 bits per heavy atom. The number of rotatable bonds is 4. The van der Waals surface area contributed by atoms with Crippen LogP contribution in [0, 0.1) is 5.92 Å². The Kier molecular flexibility index (Phi) is 4.07. The van der Waals surface area contributed by atoms with Gasteiger partial charge in [0.25, 0.3) is 11.5 Å². The van der Waals surface area contributed by atoms with Gasteiger partial charge in [0, 0.05) is 31.4 Å². The molecule has 0 spiro atoms. The van der Waals surface area contributed by atoms with Crippen LogP contribution < -0.4 is 10.9 Å². The van der Waals surface area contributed by atoms with E-state index in [0.29, 0.717) is 39.6 Å². The summed E-state index contributed by atoms with van der Waals surface area (Å²) in [5.41, 5.74) is 2.49. The van der Waals surface area contributed by atoms with E-state index in [1.807, 2.05) is 6.07 Å². The largest absolute Gasteiger partial charge is 0.453 e. The Hall–Kier alpha value is -3.35. The molecule has 7 nitrogen and oxygen atoms in total. The number of carbonyl (C=O) groups is 1. The van der Waals surface area contributed by atoms with Crippen LogP contribution in [-0.4, -0.2) is 27.5 Å². The summed E-state index contributed by atoms with van der Waals surface area (Å²) in [6.45, 7) is 4.98.